The topological polar surface area (TPSA) is 95.9 Å². The molecule has 79 heavy (non-hydrogen) atoms. The summed E-state index contributed by atoms with van der Waals surface area (Å²) in [5.41, 5.74) is 0. The molecule has 0 aliphatic heterocycles. The van der Waals surface area contributed by atoms with Gasteiger partial charge in [-0.15, -0.1) is 0 Å². The summed E-state index contributed by atoms with van der Waals surface area (Å²) in [4.78, 5) is 24.7. The molecule has 468 valence electrons. The maximum Gasteiger partial charge on any atom is 0.305 e. The quantitative estimate of drug-likeness (QED) is 0.0320. The lowest BCUT2D eigenvalue weighted by molar-refractivity contribution is -0.143. The average molecular weight is 1110 g/mol. The monoisotopic (exact) mass is 1110 g/mol. The fraction of sp³-hybridized carbons (Fsp3) is 0.918. The Bertz CT molecular complexity index is 1230. The van der Waals surface area contributed by atoms with Crippen molar-refractivity contribution in [1.29, 1.82) is 0 Å². The Kier molecular flexibility index (Phi) is 67.4. The molecule has 0 aromatic carbocycles. The number of aliphatic hydroxyl groups is 2. The van der Waals surface area contributed by atoms with Crippen LogP contribution in [0.5, 0.6) is 0 Å². The van der Waals surface area contributed by atoms with Gasteiger partial charge in [0.15, 0.2) is 0 Å². The lowest BCUT2D eigenvalue weighted by atomic mass is 10.0. The molecule has 0 aliphatic rings. The van der Waals surface area contributed by atoms with Gasteiger partial charge in [0.25, 0.3) is 0 Å². The Morgan fingerprint density at radius 1 is 0.354 bits per heavy atom. The number of hydrogen-bond acceptors (Lipinski definition) is 5. The summed E-state index contributed by atoms with van der Waals surface area (Å²) < 4.78 is 5.48. The number of esters is 1. The number of ether oxygens (including phenoxy) is 1. The summed E-state index contributed by atoms with van der Waals surface area (Å²) in [6.07, 6.45) is 86.6. The molecule has 0 spiro atoms. The summed E-state index contributed by atoms with van der Waals surface area (Å²) in [5, 5.41) is 23.4. The van der Waals surface area contributed by atoms with Gasteiger partial charge in [0, 0.05) is 12.8 Å². The second-order valence-electron chi connectivity index (χ2n) is 25.0. The van der Waals surface area contributed by atoms with E-state index in [-0.39, 0.29) is 18.5 Å². The van der Waals surface area contributed by atoms with Gasteiger partial charge in [0.2, 0.25) is 5.91 Å². The van der Waals surface area contributed by atoms with E-state index in [0.717, 1.165) is 70.6 Å². The fourth-order valence-corrected chi connectivity index (χ4v) is 11.5. The van der Waals surface area contributed by atoms with E-state index in [4.69, 9.17) is 4.74 Å². The molecule has 0 aromatic heterocycles. The van der Waals surface area contributed by atoms with Crippen LogP contribution in [0.2, 0.25) is 0 Å². The molecule has 0 fully saturated rings. The molecule has 1 amide bonds. The van der Waals surface area contributed by atoms with E-state index >= 15 is 0 Å². The van der Waals surface area contributed by atoms with Crippen molar-refractivity contribution >= 4 is 11.9 Å². The number of hydrogen-bond donors (Lipinski definition) is 3. The van der Waals surface area contributed by atoms with E-state index in [1.54, 1.807) is 0 Å². The molecule has 6 nitrogen and oxygen atoms in total. The van der Waals surface area contributed by atoms with Crippen molar-refractivity contribution in [2.24, 2.45) is 0 Å². The molecule has 0 aliphatic carbocycles. The second kappa shape index (κ2) is 68.8. The van der Waals surface area contributed by atoms with Crippen LogP contribution in [-0.4, -0.2) is 47.4 Å². The first-order chi connectivity index (χ1) is 39.0. The van der Waals surface area contributed by atoms with E-state index in [1.165, 1.54) is 302 Å². The van der Waals surface area contributed by atoms with Crippen molar-refractivity contribution in [3.05, 3.63) is 24.3 Å². The van der Waals surface area contributed by atoms with Crippen molar-refractivity contribution in [3.63, 3.8) is 0 Å². The summed E-state index contributed by atoms with van der Waals surface area (Å²) in [6.45, 7) is 4.96. The summed E-state index contributed by atoms with van der Waals surface area (Å²) in [6, 6.07) is -0.551. The van der Waals surface area contributed by atoms with Gasteiger partial charge < -0.3 is 20.3 Å². The molecule has 0 rings (SSSR count). The van der Waals surface area contributed by atoms with E-state index in [9.17, 15) is 19.8 Å². The SMILES string of the molecule is CCCCCCCCCCCCCCCCCCCCCCCCCCC(O)C(CO)NC(=O)CCCCCCCCCCCC/C=C\C=C/CCCCCOC(=O)CCCCCCCCCCCCCCCCCCCCC. The average Bonchev–Trinajstić information content (AvgIpc) is 3.45. The lowest BCUT2D eigenvalue weighted by Gasteiger charge is -2.22. The minimum absolute atomic E-state index is 0.00731. The second-order valence-corrected chi connectivity index (χ2v) is 25.0. The molecule has 0 radical (unpaired) electrons. The van der Waals surface area contributed by atoms with Gasteiger partial charge >= 0.3 is 5.97 Å². The first-order valence-electron chi connectivity index (χ1n) is 36.1. The van der Waals surface area contributed by atoms with Crippen molar-refractivity contribution in [1.82, 2.24) is 5.32 Å². The van der Waals surface area contributed by atoms with Crippen LogP contribution < -0.4 is 5.32 Å². The molecule has 0 saturated carbocycles. The predicted octanol–water partition coefficient (Wildman–Crippen LogP) is 23.3. The van der Waals surface area contributed by atoms with Crippen molar-refractivity contribution < 1.29 is 24.5 Å². The van der Waals surface area contributed by atoms with Crippen LogP contribution in [-0.2, 0) is 14.3 Å². The zero-order valence-electron chi connectivity index (χ0n) is 53.6. The smallest absolute Gasteiger partial charge is 0.305 e. The van der Waals surface area contributed by atoms with Gasteiger partial charge in [0.05, 0.1) is 25.4 Å². The van der Waals surface area contributed by atoms with Gasteiger partial charge in [-0.1, -0.05) is 359 Å². The number of aliphatic hydroxyl groups excluding tert-OH is 2. The van der Waals surface area contributed by atoms with Gasteiger partial charge in [-0.25, -0.2) is 0 Å². The molecular formula is C73H141NO5. The van der Waals surface area contributed by atoms with Crippen LogP contribution in [0.15, 0.2) is 24.3 Å². The van der Waals surface area contributed by atoms with Gasteiger partial charge in [-0.3, -0.25) is 9.59 Å². The minimum atomic E-state index is -0.673. The number of allylic oxidation sites excluding steroid dienone is 4. The third-order valence-electron chi connectivity index (χ3n) is 17.0. The lowest BCUT2D eigenvalue weighted by Crippen LogP contribution is -2.45. The van der Waals surface area contributed by atoms with Crippen LogP contribution in [0.4, 0.5) is 0 Å². The molecular weight excluding hydrogens is 971 g/mol. The number of carbonyl (C=O) groups excluding carboxylic acids is 2. The molecule has 0 heterocycles. The van der Waals surface area contributed by atoms with Crippen LogP contribution in [0, 0.1) is 0 Å². The van der Waals surface area contributed by atoms with E-state index in [1.807, 2.05) is 0 Å². The van der Waals surface area contributed by atoms with Crippen LogP contribution in [0.25, 0.3) is 0 Å². The van der Waals surface area contributed by atoms with Crippen LogP contribution in [0.3, 0.4) is 0 Å². The largest absolute Gasteiger partial charge is 0.466 e. The van der Waals surface area contributed by atoms with Crippen molar-refractivity contribution in [2.75, 3.05) is 13.2 Å². The van der Waals surface area contributed by atoms with E-state index in [0.29, 0.717) is 25.9 Å². The zero-order valence-corrected chi connectivity index (χ0v) is 53.6. The van der Waals surface area contributed by atoms with Crippen molar-refractivity contribution in [2.45, 2.75) is 418 Å². The maximum atomic E-state index is 12.6. The van der Waals surface area contributed by atoms with Gasteiger partial charge in [0.1, 0.15) is 0 Å². The van der Waals surface area contributed by atoms with Crippen LogP contribution >= 0.6 is 0 Å². The number of rotatable bonds is 68. The number of unbranched alkanes of at least 4 members (excludes halogenated alkanes) is 54. The third-order valence-corrected chi connectivity index (χ3v) is 17.0. The predicted molar refractivity (Wildman–Crippen MR) is 347 cm³/mol. The highest BCUT2D eigenvalue weighted by Gasteiger charge is 2.20. The molecule has 0 aromatic rings. The van der Waals surface area contributed by atoms with Crippen LogP contribution in [0.1, 0.15) is 406 Å². The highest BCUT2D eigenvalue weighted by molar-refractivity contribution is 5.76. The summed E-state index contributed by atoms with van der Waals surface area (Å²) >= 11 is 0. The molecule has 2 unspecified atom stereocenters. The Morgan fingerprint density at radius 3 is 0.937 bits per heavy atom. The standard InChI is InChI=1S/C73H141NO5/c1-3-5-7-9-11-13-15-17-19-21-23-24-25-26-27-30-33-37-41-45-49-53-57-61-65-71(76)70(69-75)74-72(77)66-62-58-54-50-46-42-38-34-31-28-32-36-40-44-48-52-56-60-64-68-79-73(78)67-63-59-55-51-47-43-39-35-29-22-20-18-16-14-12-10-8-6-4-2/h36,40,44,48,70-71,75-76H,3-35,37-39,41-43,45-47,49-69H2,1-2H3,(H,74,77)/b40-36-,48-44-. The Hall–Kier alpha value is -1.66. The summed E-state index contributed by atoms with van der Waals surface area (Å²) in [5.74, 6) is -0.0473. The van der Waals surface area contributed by atoms with E-state index < -0.39 is 12.1 Å². The normalized spacial score (nSPS) is 12.6. The zero-order chi connectivity index (χ0) is 57.1. The molecule has 0 bridgehead atoms. The first kappa shape index (κ1) is 77.3. The Labute approximate surface area is 494 Å². The highest BCUT2D eigenvalue weighted by atomic mass is 16.5. The Balaban J connectivity index is 3.44. The molecule has 3 N–H and O–H groups in total. The third kappa shape index (κ3) is 65.4. The minimum Gasteiger partial charge on any atom is -0.466 e. The Morgan fingerprint density at radius 2 is 0.620 bits per heavy atom. The maximum absolute atomic E-state index is 12.6. The van der Waals surface area contributed by atoms with Gasteiger partial charge in [-0.05, 0) is 57.8 Å². The fourth-order valence-electron chi connectivity index (χ4n) is 11.5. The number of nitrogens with one attached hydrogen (secondary N) is 1. The molecule has 0 saturated heterocycles. The highest BCUT2D eigenvalue weighted by Crippen LogP contribution is 2.19. The van der Waals surface area contributed by atoms with Gasteiger partial charge in [-0.2, -0.15) is 0 Å². The number of carbonyl (C=O) groups is 2. The summed E-state index contributed by atoms with van der Waals surface area (Å²) in [7, 11) is 0. The van der Waals surface area contributed by atoms with Crippen molar-refractivity contribution in [3.8, 4) is 0 Å². The molecule has 6 heteroatoms. The van der Waals surface area contributed by atoms with E-state index in [2.05, 4.69) is 43.5 Å². The number of amides is 1. The first-order valence-corrected chi connectivity index (χ1v) is 36.1. The molecule has 2 atom stereocenters.